The predicted octanol–water partition coefficient (Wildman–Crippen LogP) is 3.30. The van der Waals surface area contributed by atoms with Crippen LogP contribution in [0, 0.1) is 20.8 Å². The third-order valence-electron chi connectivity index (χ3n) is 4.08. The number of benzene rings is 2. The molecule has 1 aromatic heterocycles. The van der Waals surface area contributed by atoms with Gasteiger partial charge in [-0.3, -0.25) is 4.72 Å². The largest absolute Gasteiger partial charge is 0.478 e. The second kappa shape index (κ2) is 6.88. The quantitative estimate of drug-likeness (QED) is 0.702. The number of carboxylic acid groups (broad SMARTS) is 1. The summed E-state index contributed by atoms with van der Waals surface area (Å²) in [4.78, 5) is 11.1. The summed E-state index contributed by atoms with van der Waals surface area (Å²) in [6.07, 6.45) is 0. The van der Waals surface area contributed by atoms with Crippen LogP contribution < -0.4 is 4.72 Å². The number of carbonyl (C=O) groups is 1. The summed E-state index contributed by atoms with van der Waals surface area (Å²) in [5.41, 5.74) is 3.24. The van der Waals surface area contributed by atoms with Gasteiger partial charge in [-0.05, 0) is 62.7 Å². The summed E-state index contributed by atoms with van der Waals surface area (Å²) in [6.45, 7) is 5.42. The Morgan fingerprint density at radius 3 is 2.44 bits per heavy atom. The Kier molecular flexibility index (Phi) is 4.75. The molecule has 140 valence electrons. The number of aryl methyl sites for hydroxylation is 3. The molecule has 0 radical (unpaired) electrons. The lowest BCUT2D eigenvalue weighted by molar-refractivity contribution is 0.0696. The van der Waals surface area contributed by atoms with Crippen molar-refractivity contribution in [2.24, 2.45) is 0 Å². The highest BCUT2D eigenvalue weighted by atomic mass is 32.2. The van der Waals surface area contributed by atoms with Crippen molar-refractivity contribution in [2.75, 3.05) is 4.72 Å². The van der Waals surface area contributed by atoms with E-state index in [4.69, 9.17) is 5.11 Å². The van der Waals surface area contributed by atoms with Crippen LogP contribution in [0.4, 0.5) is 5.69 Å². The van der Waals surface area contributed by atoms with Crippen LogP contribution in [0.3, 0.4) is 0 Å². The summed E-state index contributed by atoms with van der Waals surface area (Å²) < 4.78 is 29.8. The lowest BCUT2D eigenvalue weighted by Gasteiger charge is -2.12. The van der Waals surface area contributed by atoms with Gasteiger partial charge in [0.2, 0.25) is 0 Å². The minimum atomic E-state index is -3.95. The monoisotopic (exact) mass is 385 g/mol. The number of hydrogen-bond donors (Lipinski definition) is 2. The molecule has 8 heteroatoms. The number of aromatic nitrogens is 2. The van der Waals surface area contributed by atoms with E-state index in [1.54, 1.807) is 29.8 Å². The van der Waals surface area contributed by atoms with Gasteiger partial charge in [-0.2, -0.15) is 5.10 Å². The van der Waals surface area contributed by atoms with Crippen molar-refractivity contribution < 1.29 is 18.3 Å². The van der Waals surface area contributed by atoms with Crippen LogP contribution in [0.5, 0.6) is 0 Å². The van der Waals surface area contributed by atoms with Crippen molar-refractivity contribution in [1.82, 2.24) is 9.78 Å². The summed E-state index contributed by atoms with van der Waals surface area (Å²) in [5, 5.41) is 13.5. The fourth-order valence-electron chi connectivity index (χ4n) is 2.82. The van der Waals surface area contributed by atoms with Crippen molar-refractivity contribution in [3.8, 4) is 5.69 Å². The van der Waals surface area contributed by atoms with Gasteiger partial charge in [-0.15, -0.1) is 0 Å². The Hall–Kier alpha value is -3.13. The van der Waals surface area contributed by atoms with Gasteiger partial charge in [0, 0.05) is 5.69 Å². The average Bonchev–Trinajstić information content (AvgIpc) is 2.93. The van der Waals surface area contributed by atoms with E-state index < -0.39 is 16.0 Å². The second-order valence-corrected chi connectivity index (χ2v) is 7.93. The molecule has 0 bridgehead atoms. The van der Waals surface area contributed by atoms with Crippen molar-refractivity contribution in [2.45, 2.75) is 25.7 Å². The maximum atomic E-state index is 12.8. The molecule has 0 aliphatic heterocycles. The number of nitrogens with zero attached hydrogens (tertiary/aromatic N) is 2. The summed E-state index contributed by atoms with van der Waals surface area (Å²) in [7, 11) is -3.95. The van der Waals surface area contributed by atoms with Crippen molar-refractivity contribution in [3.63, 3.8) is 0 Å². The van der Waals surface area contributed by atoms with Gasteiger partial charge in [0.25, 0.3) is 10.0 Å². The van der Waals surface area contributed by atoms with Crippen LogP contribution in [0.2, 0.25) is 0 Å². The van der Waals surface area contributed by atoms with E-state index in [9.17, 15) is 13.2 Å². The number of aromatic carboxylic acids is 1. The van der Waals surface area contributed by atoms with Gasteiger partial charge < -0.3 is 5.11 Å². The third-order valence-corrected chi connectivity index (χ3v) is 5.60. The molecule has 0 saturated carbocycles. The van der Waals surface area contributed by atoms with Crippen LogP contribution in [-0.2, 0) is 10.0 Å². The number of carboxylic acids is 1. The van der Waals surface area contributed by atoms with Crippen LogP contribution in [-0.4, -0.2) is 29.3 Å². The summed E-state index contributed by atoms with van der Waals surface area (Å²) >= 11 is 0. The summed E-state index contributed by atoms with van der Waals surface area (Å²) in [6, 6.07) is 12.8. The normalized spacial score (nSPS) is 11.4. The van der Waals surface area contributed by atoms with Crippen molar-refractivity contribution >= 4 is 21.7 Å². The zero-order valence-electron chi connectivity index (χ0n) is 15.1. The number of anilines is 1. The van der Waals surface area contributed by atoms with Crippen LogP contribution in [0.25, 0.3) is 5.69 Å². The van der Waals surface area contributed by atoms with E-state index in [2.05, 4.69) is 9.82 Å². The third kappa shape index (κ3) is 3.85. The number of hydrogen-bond acceptors (Lipinski definition) is 4. The molecule has 0 spiro atoms. The van der Waals surface area contributed by atoms with E-state index >= 15 is 0 Å². The number of rotatable bonds is 5. The van der Waals surface area contributed by atoms with E-state index in [0.717, 1.165) is 23.1 Å². The van der Waals surface area contributed by atoms with Crippen molar-refractivity contribution in [3.05, 3.63) is 71.0 Å². The van der Waals surface area contributed by atoms with E-state index in [1.807, 2.05) is 26.0 Å². The molecule has 0 aliphatic carbocycles. The van der Waals surface area contributed by atoms with Gasteiger partial charge in [0.05, 0.1) is 27.5 Å². The molecule has 2 aromatic carbocycles. The molecule has 27 heavy (non-hydrogen) atoms. The molecule has 3 rings (SSSR count). The molecule has 0 amide bonds. The molecule has 7 nitrogen and oxygen atoms in total. The Morgan fingerprint density at radius 1 is 1.07 bits per heavy atom. The van der Waals surface area contributed by atoms with Gasteiger partial charge >= 0.3 is 5.97 Å². The van der Waals surface area contributed by atoms with Gasteiger partial charge in [-0.25, -0.2) is 17.9 Å². The van der Waals surface area contributed by atoms with E-state index in [0.29, 0.717) is 11.3 Å². The molecule has 0 aliphatic rings. The Balaban J connectivity index is 1.98. The predicted molar refractivity (Wildman–Crippen MR) is 102 cm³/mol. The minimum Gasteiger partial charge on any atom is -0.478 e. The first-order chi connectivity index (χ1) is 12.7. The fraction of sp³-hybridized carbons (Fsp3) is 0.158. The van der Waals surface area contributed by atoms with Crippen molar-refractivity contribution in [1.29, 1.82) is 0 Å². The molecule has 0 fully saturated rings. The molecule has 0 atom stereocenters. The minimum absolute atomic E-state index is 0.0704. The first-order valence-electron chi connectivity index (χ1n) is 8.18. The van der Waals surface area contributed by atoms with Gasteiger partial charge in [0.1, 0.15) is 0 Å². The Labute approximate surface area is 157 Å². The number of nitrogens with one attached hydrogen (secondary N) is 1. The maximum absolute atomic E-state index is 12.8. The highest BCUT2D eigenvalue weighted by molar-refractivity contribution is 7.92. The first kappa shape index (κ1) is 18.7. The zero-order chi connectivity index (χ0) is 19.8. The molecule has 0 unspecified atom stereocenters. The molecule has 3 aromatic rings. The van der Waals surface area contributed by atoms with Crippen LogP contribution in [0.15, 0.2) is 53.4 Å². The maximum Gasteiger partial charge on any atom is 0.335 e. The smallest absolute Gasteiger partial charge is 0.335 e. The molecular formula is C19H19N3O4S. The summed E-state index contributed by atoms with van der Waals surface area (Å²) in [5.74, 6) is -1.18. The lowest BCUT2D eigenvalue weighted by atomic mass is 10.1. The highest BCUT2D eigenvalue weighted by Gasteiger charge is 2.19. The highest BCUT2D eigenvalue weighted by Crippen LogP contribution is 2.23. The van der Waals surface area contributed by atoms with Gasteiger partial charge in [-0.1, -0.05) is 12.1 Å². The van der Waals surface area contributed by atoms with E-state index in [1.165, 1.54) is 12.1 Å². The topological polar surface area (TPSA) is 101 Å². The lowest BCUT2D eigenvalue weighted by Crippen LogP contribution is -2.15. The zero-order valence-corrected chi connectivity index (χ0v) is 15.9. The second-order valence-electron chi connectivity index (χ2n) is 6.28. The Bertz CT molecular complexity index is 1130. The van der Waals surface area contributed by atoms with Crippen LogP contribution in [0.1, 0.15) is 27.3 Å². The molecule has 1 heterocycles. The van der Waals surface area contributed by atoms with Crippen LogP contribution >= 0.6 is 0 Å². The standard InChI is InChI=1S/C19H19N3O4S/c1-12-7-8-15(19(23)24)10-18(12)27(25,26)21-16-5-4-6-17(11-16)22-14(3)9-13(2)20-22/h4-11,21H,1-3H3,(H,23,24). The molecule has 2 N–H and O–H groups in total. The number of sulfonamides is 1. The fourth-order valence-corrected chi connectivity index (χ4v) is 4.15. The molecule has 0 saturated heterocycles. The first-order valence-corrected chi connectivity index (χ1v) is 9.66. The van der Waals surface area contributed by atoms with E-state index in [-0.39, 0.29) is 10.5 Å². The average molecular weight is 385 g/mol. The molecular weight excluding hydrogens is 366 g/mol. The Morgan fingerprint density at radius 2 is 1.81 bits per heavy atom. The van der Waals surface area contributed by atoms with Gasteiger partial charge in [0.15, 0.2) is 0 Å². The SMILES string of the molecule is Cc1cc(C)n(-c2cccc(NS(=O)(=O)c3cc(C(=O)O)ccc3C)c2)n1.